The number of amides is 1. The Balaban J connectivity index is 0.00000264. The van der Waals surface area contributed by atoms with E-state index in [2.05, 4.69) is 31.5 Å². The molecule has 4 nitrogen and oxygen atoms in total. The Morgan fingerprint density at radius 3 is 2.58 bits per heavy atom. The number of hydrogen-bond acceptors (Lipinski definition) is 4. The van der Waals surface area contributed by atoms with Gasteiger partial charge in [-0.3, -0.25) is 4.79 Å². The molecular formula is C16H20BrCl2N3OS. The minimum atomic E-state index is -0.0573. The molecule has 1 aromatic heterocycles. The van der Waals surface area contributed by atoms with E-state index in [0.717, 1.165) is 27.5 Å². The summed E-state index contributed by atoms with van der Waals surface area (Å²) in [5, 5.41) is 6.96. The van der Waals surface area contributed by atoms with Crippen molar-refractivity contribution in [3.05, 3.63) is 52.6 Å². The van der Waals surface area contributed by atoms with Crippen LogP contribution in [0.1, 0.15) is 17.3 Å². The highest BCUT2D eigenvalue weighted by Gasteiger charge is 2.11. The maximum atomic E-state index is 12.3. The molecule has 0 saturated carbocycles. The van der Waals surface area contributed by atoms with Gasteiger partial charge in [0.25, 0.3) is 5.91 Å². The zero-order chi connectivity index (χ0) is 15.8. The van der Waals surface area contributed by atoms with Gasteiger partial charge in [0.2, 0.25) is 0 Å². The fourth-order valence-corrected chi connectivity index (χ4v) is 2.93. The first-order valence-corrected chi connectivity index (χ1v) is 8.69. The SMILES string of the molecule is CCNCCNC(=O)c1ccccc1Sc1ccc(Br)cn1.Cl.Cl. The summed E-state index contributed by atoms with van der Waals surface area (Å²) in [6.07, 6.45) is 1.75. The number of likely N-dealkylation sites (N-methyl/N-ethyl adjacent to an activating group) is 1. The van der Waals surface area contributed by atoms with Crippen molar-refractivity contribution in [3.8, 4) is 0 Å². The predicted octanol–water partition coefficient (Wildman–Crippen LogP) is 4.18. The quantitative estimate of drug-likeness (QED) is 0.618. The van der Waals surface area contributed by atoms with E-state index in [4.69, 9.17) is 0 Å². The van der Waals surface area contributed by atoms with Crippen LogP contribution in [0.2, 0.25) is 0 Å². The number of nitrogens with zero attached hydrogens (tertiary/aromatic N) is 1. The molecule has 1 aromatic carbocycles. The van der Waals surface area contributed by atoms with Gasteiger partial charge in [0, 0.05) is 28.7 Å². The van der Waals surface area contributed by atoms with Crippen LogP contribution in [0.5, 0.6) is 0 Å². The molecule has 0 radical (unpaired) electrons. The number of nitrogens with one attached hydrogen (secondary N) is 2. The summed E-state index contributed by atoms with van der Waals surface area (Å²) in [4.78, 5) is 17.5. The van der Waals surface area contributed by atoms with Gasteiger partial charge in [-0.25, -0.2) is 4.98 Å². The van der Waals surface area contributed by atoms with Gasteiger partial charge >= 0.3 is 0 Å². The summed E-state index contributed by atoms with van der Waals surface area (Å²) in [5.41, 5.74) is 0.675. The number of aromatic nitrogens is 1. The van der Waals surface area contributed by atoms with Crippen molar-refractivity contribution in [2.45, 2.75) is 16.8 Å². The fourth-order valence-electron chi connectivity index (χ4n) is 1.81. The van der Waals surface area contributed by atoms with Crippen LogP contribution in [-0.2, 0) is 0 Å². The monoisotopic (exact) mass is 451 g/mol. The Morgan fingerprint density at radius 1 is 1.17 bits per heavy atom. The molecule has 0 bridgehead atoms. The minimum absolute atomic E-state index is 0. The smallest absolute Gasteiger partial charge is 0.252 e. The summed E-state index contributed by atoms with van der Waals surface area (Å²) in [5.74, 6) is -0.0573. The first-order valence-electron chi connectivity index (χ1n) is 7.08. The van der Waals surface area contributed by atoms with Crippen LogP contribution in [-0.4, -0.2) is 30.5 Å². The topological polar surface area (TPSA) is 54.0 Å². The highest BCUT2D eigenvalue weighted by atomic mass is 79.9. The lowest BCUT2D eigenvalue weighted by Crippen LogP contribution is -2.31. The average Bonchev–Trinajstić information content (AvgIpc) is 2.54. The van der Waals surface area contributed by atoms with Crippen LogP contribution in [0.4, 0.5) is 0 Å². The van der Waals surface area contributed by atoms with E-state index in [-0.39, 0.29) is 30.7 Å². The summed E-state index contributed by atoms with van der Waals surface area (Å²) in [6.45, 7) is 4.32. The molecule has 0 atom stereocenters. The molecule has 0 spiro atoms. The van der Waals surface area contributed by atoms with Crippen LogP contribution >= 0.6 is 52.5 Å². The second-order valence-corrected chi connectivity index (χ2v) is 6.50. The third-order valence-corrected chi connectivity index (χ3v) is 4.38. The van der Waals surface area contributed by atoms with Crippen molar-refractivity contribution < 1.29 is 4.79 Å². The van der Waals surface area contributed by atoms with Crippen LogP contribution in [0.15, 0.2) is 57.0 Å². The second kappa shape index (κ2) is 12.6. The first kappa shape index (κ1) is 23.2. The summed E-state index contributed by atoms with van der Waals surface area (Å²) in [7, 11) is 0. The number of carbonyl (C=O) groups is 1. The number of benzene rings is 1. The molecule has 0 aliphatic heterocycles. The molecule has 24 heavy (non-hydrogen) atoms. The van der Waals surface area contributed by atoms with E-state index >= 15 is 0 Å². The Bertz CT molecular complexity index is 629. The normalized spacial score (nSPS) is 9.58. The fraction of sp³-hybridized carbons (Fsp3) is 0.250. The van der Waals surface area contributed by atoms with E-state index < -0.39 is 0 Å². The van der Waals surface area contributed by atoms with Gasteiger partial charge in [0.15, 0.2) is 0 Å². The third-order valence-electron chi connectivity index (χ3n) is 2.88. The van der Waals surface area contributed by atoms with E-state index in [1.165, 1.54) is 11.8 Å². The molecule has 0 aliphatic carbocycles. The molecule has 0 unspecified atom stereocenters. The highest BCUT2D eigenvalue weighted by molar-refractivity contribution is 9.10. The molecule has 8 heteroatoms. The molecule has 0 fully saturated rings. The third kappa shape index (κ3) is 7.40. The molecule has 1 heterocycles. The minimum Gasteiger partial charge on any atom is -0.351 e. The lowest BCUT2D eigenvalue weighted by atomic mass is 10.2. The highest BCUT2D eigenvalue weighted by Crippen LogP contribution is 2.29. The van der Waals surface area contributed by atoms with E-state index in [1.54, 1.807) is 6.20 Å². The van der Waals surface area contributed by atoms with Crippen molar-refractivity contribution in [2.24, 2.45) is 0 Å². The number of carbonyl (C=O) groups excluding carboxylic acids is 1. The number of hydrogen-bond donors (Lipinski definition) is 2. The zero-order valence-electron chi connectivity index (χ0n) is 13.1. The standard InChI is InChI=1S/C16H18BrN3OS.2ClH/c1-2-18-9-10-19-16(21)13-5-3-4-6-14(13)22-15-8-7-12(17)11-20-15;;/h3-8,11,18H,2,9-10H2,1H3,(H,19,21);2*1H. The predicted molar refractivity (Wildman–Crippen MR) is 108 cm³/mol. The number of rotatable bonds is 7. The van der Waals surface area contributed by atoms with Gasteiger partial charge in [-0.15, -0.1) is 24.8 Å². The lowest BCUT2D eigenvalue weighted by Gasteiger charge is -2.10. The second-order valence-electron chi connectivity index (χ2n) is 4.52. The molecule has 0 aliphatic rings. The van der Waals surface area contributed by atoms with Gasteiger partial charge in [-0.1, -0.05) is 30.8 Å². The van der Waals surface area contributed by atoms with E-state index in [1.807, 2.05) is 43.3 Å². The van der Waals surface area contributed by atoms with Crippen molar-refractivity contribution in [2.75, 3.05) is 19.6 Å². The molecule has 0 saturated heterocycles. The van der Waals surface area contributed by atoms with Crippen molar-refractivity contribution >= 4 is 58.4 Å². The first-order chi connectivity index (χ1) is 10.7. The van der Waals surface area contributed by atoms with Gasteiger partial charge in [0.1, 0.15) is 5.03 Å². The van der Waals surface area contributed by atoms with Crippen molar-refractivity contribution in [1.82, 2.24) is 15.6 Å². The van der Waals surface area contributed by atoms with E-state index in [0.29, 0.717) is 12.1 Å². The number of halogens is 3. The maximum Gasteiger partial charge on any atom is 0.252 e. The van der Waals surface area contributed by atoms with Crippen LogP contribution in [0.25, 0.3) is 0 Å². The van der Waals surface area contributed by atoms with Crippen LogP contribution < -0.4 is 10.6 Å². The van der Waals surface area contributed by atoms with Gasteiger partial charge in [-0.2, -0.15) is 0 Å². The average molecular weight is 453 g/mol. The molecular weight excluding hydrogens is 433 g/mol. The maximum absolute atomic E-state index is 12.3. The van der Waals surface area contributed by atoms with E-state index in [9.17, 15) is 4.79 Å². The zero-order valence-corrected chi connectivity index (χ0v) is 17.2. The molecule has 2 aromatic rings. The largest absolute Gasteiger partial charge is 0.351 e. The molecule has 1 amide bonds. The lowest BCUT2D eigenvalue weighted by molar-refractivity contribution is 0.0951. The van der Waals surface area contributed by atoms with Gasteiger partial charge in [-0.05, 0) is 46.7 Å². The Kier molecular flexibility index (Phi) is 12.1. The molecule has 2 N–H and O–H groups in total. The summed E-state index contributed by atoms with van der Waals surface area (Å²) >= 11 is 4.85. The van der Waals surface area contributed by atoms with Gasteiger partial charge in [0.05, 0.1) is 5.56 Å². The summed E-state index contributed by atoms with van der Waals surface area (Å²) in [6, 6.07) is 11.4. The van der Waals surface area contributed by atoms with Crippen molar-refractivity contribution in [1.29, 1.82) is 0 Å². The molecule has 2 rings (SSSR count). The Morgan fingerprint density at radius 2 is 1.92 bits per heavy atom. The molecule has 132 valence electrons. The van der Waals surface area contributed by atoms with Crippen LogP contribution in [0, 0.1) is 0 Å². The van der Waals surface area contributed by atoms with Crippen molar-refractivity contribution in [3.63, 3.8) is 0 Å². The summed E-state index contributed by atoms with van der Waals surface area (Å²) < 4.78 is 0.936. The van der Waals surface area contributed by atoms with Crippen LogP contribution in [0.3, 0.4) is 0 Å². The Labute approximate surface area is 167 Å². The number of pyridine rings is 1. The van der Waals surface area contributed by atoms with Gasteiger partial charge < -0.3 is 10.6 Å². The Hall–Kier alpha value is -0.790.